The van der Waals surface area contributed by atoms with Crippen molar-refractivity contribution in [2.24, 2.45) is 0 Å². The van der Waals surface area contributed by atoms with Crippen LogP contribution in [0.3, 0.4) is 0 Å². The van der Waals surface area contributed by atoms with Crippen LogP contribution in [0.5, 0.6) is 5.88 Å². The van der Waals surface area contributed by atoms with Gasteiger partial charge in [-0.05, 0) is 43.4 Å². The Labute approximate surface area is 197 Å². The topological polar surface area (TPSA) is 56.6 Å². The fourth-order valence-electron chi connectivity index (χ4n) is 3.40. The van der Waals surface area contributed by atoms with Crippen LogP contribution in [0.25, 0.3) is 16.6 Å². The second-order valence-electron chi connectivity index (χ2n) is 7.53. The highest BCUT2D eigenvalue weighted by Gasteiger charge is 2.37. The number of hydrogen-bond acceptors (Lipinski definition) is 5. The molecule has 0 N–H and O–H groups in total. The molecule has 0 atom stereocenters. The van der Waals surface area contributed by atoms with E-state index in [2.05, 4.69) is 5.10 Å². The van der Waals surface area contributed by atoms with Crippen molar-refractivity contribution in [3.63, 3.8) is 0 Å². The summed E-state index contributed by atoms with van der Waals surface area (Å²) < 4.78 is 91.3. The average Bonchev–Trinajstić information content (AvgIpc) is 3.18. The molecule has 0 amide bonds. The van der Waals surface area contributed by atoms with Gasteiger partial charge in [0.2, 0.25) is 5.88 Å². The first-order chi connectivity index (χ1) is 16.4. The van der Waals surface area contributed by atoms with E-state index in [0.29, 0.717) is 24.1 Å². The first-order valence-electron chi connectivity index (χ1n) is 10.7. The van der Waals surface area contributed by atoms with E-state index in [4.69, 9.17) is 9.47 Å². The van der Waals surface area contributed by atoms with Crippen molar-refractivity contribution in [2.75, 3.05) is 32.8 Å². The Balaban J connectivity index is 1.89. The zero-order valence-electron chi connectivity index (χ0n) is 18.9. The minimum atomic E-state index is -5.01. The Morgan fingerprint density at radius 1 is 0.971 bits per heavy atom. The molecule has 0 spiro atoms. The number of fused-ring (bicyclic) bond motifs is 1. The van der Waals surface area contributed by atoms with Crippen molar-refractivity contribution < 1.29 is 40.6 Å². The number of carbonyl (C=O) groups is 1. The molecule has 6 nitrogen and oxygen atoms in total. The van der Waals surface area contributed by atoms with E-state index in [1.54, 1.807) is 12.1 Å². The quantitative estimate of drug-likeness (QED) is 0.292. The van der Waals surface area contributed by atoms with Gasteiger partial charge in [0, 0.05) is 6.54 Å². The third-order valence-corrected chi connectivity index (χ3v) is 5.26. The molecule has 1 heterocycles. The van der Waals surface area contributed by atoms with Crippen molar-refractivity contribution in [1.82, 2.24) is 14.7 Å². The third-order valence-electron chi connectivity index (χ3n) is 5.26. The summed E-state index contributed by atoms with van der Waals surface area (Å²) in [6.07, 6.45) is -10.0. The molecular formula is C23H23F6N3O3. The summed E-state index contributed by atoms with van der Waals surface area (Å²) in [5.41, 5.74) is -3.20. The fourth-order valence-corrected chi connectivity index (χ4v) is 3.40. The smallest absolute Gasteiger partial charge is 0.416 e. The summed E-state index contributed by atoms with van der Waals surface area (Å²) in [7, 11) is 0. The number of ether oxygens (including phenoxy) is 2. The summed E-state index contributed by atoms with van der Waals surface area (Å²) in [5, 5.41) is 4.36. The van der Waals surface area contributed by atoms with Gasteiger partial charge in [-0.1, -0.05) is 26.0 Å². The number of alkyl halides is 6. The Bertz CT molecular complexity index is 1140. The van der Waals surface area contributed by atoms with Crippen LogP contribution in [0.1, 0.15) is 25.0 Å². The summed E-state index contributed by atoms with van der Waals surface area (Å²) in [6.45, 7) is 5.67. The molecule has 1 aromatic heterocycles. The lowest BCUT2D eigenvalue weighted by molar-refractivity contribution is -0.146. The molecule has 0 aliphatic heterocycles. The molecule has 0 bridgehead atoms. The normalized spacial score (nSPS) is 12.4. The lowest BCUT2D eigenvalue weighted by atomic mass is 10.1. The fraction of sp³-hybridized carbons (Fsp3) is 0.391. The largest absolute Gasteiger partial charge is 0.464 e. The second-order valence-corrected chi connectivity index (χ2v) is 7.53. The highest BCUT2D eigenvalue weighted by molar-refractivity contribution is 5.86. The van der Waals surface area contributed by atoms with Crippen molar-refractivity contribution in [2.45, 2.75) is 26.2 Å². The number of aromatic nitrogens is 2. The van der Waals surface area contributed by atoms with Gasteiger partial charge < -0.3 is 14.4 Å². The number of carbonyl (C=O) groups excluding carboxylic acids is 1. The molecule has 0 saturated carbocycles. The molecule has 0 aliphatic rings. The molecule has 2 aromatic carbocycles. The van der Waals surface area contributed by atoms with Crippen LogP contribution < -0.4 is 4.74 Å². The first kappa shape index (κ1) is 26.3. The number of halogens is 6. The minimum absolute atomic E-state index is 0.0425. The molecule has 0 radical (unpaired) electrons. The number of para-hydroxylation sites is 1. The van der Waals surface area contributed by atoms with E-state index >= 15 is 0 Å². The van der Waals surface area contributed by atoms with Crippen molar-refractivity contribution in [1.29, 1.82) is 0 Å². The van der Waals surface area contributed by atoms with Gasteiger partial charge in [-0.3, -0.25) is 0 Å². The van der Waals surface area contributed by atoms with Crippen LogP contribution in [0.15, 0.2) is 42.5 Å². The summed E-state index contributed by atoms with van der Waals surface area (Å²) >= 11 is 0. The van der Waals surface area contributed by atoms with Gasteiger partial charge >= 0.3 is 18.3 Å². The number of benzene rings is 2. The predicted molar refractivity (Wildman–Crippen MR) is 115 cm³/mol. The Kier molecular flexibility index (Phi) is 7.93. The van der Waals surface area contributed by atoms with Gasteiger partial charge in [0.05, 0.1) is 27.7 Å². The van der Waals surface area contributed by atoms with Gasteiger partial charge in [0.1, 0.15) is 6.61 Å². The highest BCUT2D eigenvalue weighted by Crippen LogP contribution is 2.38. The molecule has 0 fully saturated rings. The molecule has 0 saturated heterocycles. The van der Waals surface area contributed by atoms with E-state index in [9.17, 15) is 31.1 Å². The van der Waals surface area contributed by atoms with Crippen LogP contribution in [-0.4, -0.2) is 53.5 Å². The molecule has 12 heteroatoms. The van der Waals surface area contributed by atoms with Crippen LogP contribution in [-0.2, 0) is 21.9 Å². The van der Waals surface area contributed by atoms with Crippen LogP contribution in [0.2, 0.25) is 0 Å². The molecule has 3 aromatic rings. The van der Waals surface area contributed by atoms with Gasteiger partial charge in [0.25, 0.3) is 0 Å². The van der Waals surface area contributed by atoms with Crippen molar-refractivity contribution >= 4 is 16.9 Å². The van der Waals surface area contributed by atoms with Gasteiger partial charge in [-0.2, -0.15) is 26.3 Å². The van der Waals surface area contributed by atoms with E-state index < -0.39 is 41.7 Å². The molecule has 0 aliphatic carbocycles. The van der Waals surface area contributed by atoms with Crippen molar-refractivity contribution in [3.8, 4) is 11.6 Å². The zero-order chi connectivity index (χ0) is 25.8. The van der Waals surface area contributed by atoms with Crippen LogP contribution in [0.4, 0.5) is 26.3 Å². The van der Waals surface area contributed by atoms with Gasteiger partial charge in [-0.15, -0.1) is 5.10 Å². The van der Waals surface area contributed by atoms with E-state index in [1.165, 1.54) is 12.1 Å². The minimum Gasteiger partial charge on any atom is -0.464 e. The molecule has 190 valence electrons. The number of hydrogen-bond donors (Lipinski definition) is 0. The highest BCUT2D eigenvalue weighted by atomic mass is 19.4. The van der Waals surface area contributed by atoms with Gasteiger partial charge in [-0.25, -0.2) is 9.48 Å². The molecule has 0 unspecified atom stereocenters. The second kappa shape index (κ2) is 10.5. The maximum absolute atomic E-state index is 13.3. The maximum Gasteiger partial charge on any atom is 0.416 e. The van der Waals surface area contributed by atoms with Gasteiger partial charge in [0.15, 0.2) is 6.61 Å². The lowest BCUT2D eigenvalue weighted by Crippen LogP contribution is -2.28. The monoisotopic (exact) mass is 503 g/mol. The number of likely N-dealkylation sites (N-methyl/N-ethyl adjacent to an activating group) is 1. The Hall–Kier alpha value is -3.28. The molecular weight excluding hydrogens is 480 g/mol. The number of rotatable bonds is 9. The number of nitrogens with zero attached hydrogens (tertiary/aromatic N) is 3. The van der Waals surface area contributed by atoms with E-state index in [0.717, 1.165) is 17.8 Å². The predicted octanol–water partition coefficient (Wildman–Crippen LogP) is 5.33. The Morgan fingerprint density at radius 3 is 2.14 bits per heavy atom. The average molecular weight is 503 g/mol. The molecule has 35 heavy (non-hydrogen) atoms. The van der Waals surface area contributed by atoms with Crippen LogP contribution in [0, 0.1) is 0 Å². The van der Waals surface area contributed by atoms with E-state index in [-0.39, 0.29) is 24.1 Å². The third kappa shape index (κ3) is 6.44. The van der Waals surface area contributed by atoms with Crippen molar-refractivity contribution in [3.05, 3.63) is 53.6 Å². The Morgan fingerprint density at radius 2 is 1.57 bits per heavy atom. The number of esters is 1. The SMILES string of the molecule is CCN(CC)CCOC(=O)COc1nn(-c2cc(C(F)(F)F)cc(C(F)(F)F)c2)c2ccccc12. The lowest BCUT2D eigenvalue weighted by Gasteiger charge is -2.17. The maximum atomic E-state index is 13.3. The summed E-state index contributed by atoms with van der Waals surface area (Å²) in [6, 6.07) is 7.31. The first-order valence-corrected chi connectivity index (χ1v) is 10.7. The van der Waals surface area contributed by atoms with Crippen LogP contribution >= 0.6 is 0 Å². The van der Waals surface area contributed by atoms with E-state index in [1.807, 2.05) is 18.7 Å². The summed E-state index contributed by atoms with van der Waals surface area (Å²) in [5.74, 6) is -0.818. The summed E-state index contributed by atoms with van der Waals surface area (Å²) in [4.78, 5) is 14.1. The molecule has 3 rings (SSSR count). The zero-order valence-corrected chi connectivity index (χ0v) is 18.9. The standard InChI is InChI=1S/C23H23F6N3O3/c1-3-31(4-2)9-10-34-20(33)14-35-21-18-7-5-6-8-19(18)32(30-21)17-12-15(22(24,25)26)11-16(13-17)23(27,28)29/h5-8,11-13H,3-4,9-10,14H2,1-2H3.